The maximum absolute atomic E-state index is 4.96. The zero-order valence-corrected chi connectivity index (χ0v) is 5.64. The van der Waals surface area contributed by atoms with Crippen molar-refractivity contribution < 1.29 is 3.07 Å². The highest BCUT2D eigenvalue weighted by Gasteiger charge is 2.15. The summed E-state index contributed by atoms with van der Waals surface area (Å²) >= 11 is 1.96. The lowest BCUT2D eigenvalue weighted by molar-refractivity contribution is 0.176. The maximum atomic E-state index is 4.96. The lowest BCUT2D eigenvalue weighted by Gasteiger charge is -2.21. The molecule has 1 saturated carbocycles. The first kappa shape index (κ1) is 4.84. The number of hydrogen-bond donors (Lipinski definition) is 0. The van der Waals surface area contributed by atoms with Crippen LogP contribution in [0.3, 0.4) is 0 Å². The third-order valence-corrected chi connectivity index (χ3v) is 1.90. The first-order valence-corrected chi connectivity index (χ1v) is 3.09. The molecule has 0 bridgehead atoms. The SMILES string of the molecule is IOC1CCC1. The van der Waals surface area contributed by atoms with Crippen molar-refractivity contribution in [3.8, 4) is 0 Å². The summed E-state index contributed by atoms with van der Waals surface area (Å²) in [6.07, 6.45) is 4.53. The predicted octanol–water partition coefficient (Wildman–Crippen LogP) is 1.91. The topological polar surface area (TPSA) is 9.23 Å². The van der Waals surface area contributed by atoms with Gasteiger partial charge in [0, 0.05) is 0 Å². The summed E-state index contributed by atoms with van der Waals surface area (Å²) in [7, 11) is 0. The summed E-state index contributed by atoms with van der Waals surface area (Å²) in [5, 5.41) is 0. The van der Waals surface area contributed by atoms with Crippen LogP contribution in [0.1, 0.15) is 19.3 Å². The van der Waals surface area contributed by atoms with Crippen LogP contribution in [0.4, 0.5) is 0 Å². The lowest BCUT2D eigenvalue weighted by Crippen LogP contribution is -2.16. The molecule has 0 radical (unpaired) electrons. The van der Waals surface area contributed by atoms with Gasteiger partial charge in [-0.25, -0.2) is 0 Å². The molecular weight excluding hydrogens is 191 g/mol. The Morgan fingerprint density at radius 3 is 2.17 bits per heavy atom. The van der Waals surface area contributed by atoms with Crippen LogP contribution >= 0.6 is 23.0 Å². The van der Waals surface area contributed by atoms with Crippen LogP contribution < -0.4 is 0 Å². The minimum atomic E-state index is 0.602. The highest BCUT2D eigenvalue weighted by Crippen LogP contribution is 2.23. The van der Waals surface area contributed by atoms with E-state index >= 15 is 0 Å². The molecule has 0 aromatic carbocycles. The minimum Gasteiger partial charge on any atom is -0.312 e. The van der Waals surface area contributed by atoms with E-state index in [4.69, 9.17) is 3.07 Å². The van der Waals surface area contributed by atoms with Crippen molar-refractivity contribution in [3.63, 3.8) is 0 Å². The first-order valence-electron chi connectivity index (χ1n) is 2.21. The molecule has 0 heterocycles. The lowest BCUT2D eigenvalue weighted by atomic mass is 9.97. The van der Waals surface area contributed by atoms with Gasteiger partial charge in [-0.2, -0.15) is 0 Å². The molecular formula is C4H7IO. The molecule has 1 fully saturated rings. The van der Waals surface area contributed by atoms with Crippen molar-refractivity contribution >= 4 is 23.0 Å². The zero-order valence-electron chi connectivity index (χ0n) is 3.48. The van der Waals surface area contributed by atoms with Crippen molar-refractivity contribution in [2.75, 3.05) is 0 Å². The van der Waals surface area contributed by atoms with E-state index in [1.165, 1.54) is 19.3 Å². The van der Waals surface area contributed by atoms with Gasteiger partial charge in [-0.3, -0.25) is 0 Å². The fourth-order valence-corrected chi connectivity index (χ4v) is 0.968. The highest BCUT2D eigenvalue weighted by atomic mass is 127. The maximum Gasteiger partial charge on any atom is 0.110 e. The van der Waals surface area contributed by atoms with Crippen molar-refractivity contribution in [2.45, 2.75) is 25.4 Å². The molecule has 1 nitrogen and oxygen atoms in total. The summed E-state index contributed by atoms with van der Waals surface area (Å²) in [5.74, 6) is 0. The van der Waals surface area contributed by atoms with Gasteiger partial charge in [0.15, 0.2) is 0 Å². The second-order valence-corrected chi connectivity index (χ2v) is 2.15. The van der Waals surface area contributed by atoms with E-state index in [1.54, 1.807) is 0 Å². The third-order valence-electron chi connectivity index (χ3n) is 1.18. The van der Waals surface area contributed by atoms with Crippen molar-refractivity contribution in [1.29, 1.82) is 0 Å². The Hall–Kier alpha value is 0.690. The molecule has 0 saturated heterocycles. The van der Waals surface area contributed by atoms with Gasteiger partial charge in [-0.05, 0) is 19.3 Å². The van der Waals surface area contributed by atoms with Gasteiger partial charge in [-0.1, -0.05) is 0 Å². The molecule has 0 N–H and O–H groups in total. The van der Waals surface area contributed by atoms with Crippen LogP contribution in [0.2, 0.25) is 0 Å². The fourth-order valence-electron chi connectivity index (χ4n) is 0.460. The van der Waals surface area contributed by atoms with Gasteiger partial charge in [0.25, 0.3) is 0 Å². The first-order chi connectivity index (χ1) is 2.93. The standard InChI is InChI=1S/C4H7IO/c5-6-4-2-1-3-4/h4H,1-3H2. The monoisotopic (exact) mass is 198 g/mol. The van der Waals surface area contributed by atoms with Gasteiger partial charge in [0.1, 0.15) is 23.0 Å². The molecule has 2 heteroatoms. The van der Waals surface area contributed by atoms with E-state index in [9.17, 15) is 0 Å². The van der Waals surface area contributed by atoms with E-state index < -0.39 is 0 Å². The van der Waals surface area contributed by atoms with Gasteiger partial charge in [0.2, 0.25) is 0 Å². The number of rotatable bonds is 1. The van der Waals surface area contributed by atoms with Gasteiger partial charge in [-0.15, -0.1) is 0 Å². The molecule has 0 aliphatic heterocycles. The summed E-state index contributed by atoms with van der Waals surface area (Å²) in [6, 6.07) is 0. The van der Waals surface area contributed by atoms with Crippen molar-refractivity contribution in [2.24, 2.45) is 0 Å². The third kappa shape index (κ3) is 0.846. The van der Waals surface area contributed by atoms with Gasteiger partial charge in [0.05, 0.1) is 6.10 Å². The van der Waals surface area contributed by atoms with Crippen molar-refractivity contribution in [3.05, 3.63) is 0 Å². The number of halogens is 1. The molecule has 1 rings (SSSR count). The summed E-state index contributed by atoms with van der Waals surface area (Å²) in [6.45, 7) is 0. The largest absolute Gasteiger partial charge is 0.312 e. The molecule has 0 amide bonds. The molecule has 6 heavy (non-hydrogen) atoms. The van der Waals surface area contributed by atoms with Crippen LogP contribution in [0.5, 0.6) is 0 Å². The van der Waals surface area contributed by atoms with Crippen LogP contribution in [-0.4, -0.2) is 6.10 Å². The Bertz CT molecular complexity index is 40.1. The van der Waals surface area contributed by atoms with Gasteiger partial charge >= 0.3 is 0 Å². The van der Waals surface area contributed by atoms with Crippen LogP contribution in [0.25, 0.3) is 0 Å². The van der Waals surface area contributed by atoms with Gasteiger partial charge < -0.3 is 3.07 Å². The van der Waals surface area contributed by atoms with E-state index in [2.05, 4.69) is 0 Å². The Labute approximate surface area is 51.8 Å². The van der Waals surface area contributed by atoms with Crippen molar-refractivity contribution in [1.82, 2.24) is 0 Å². The summed E-state index contributed by atoms with van der Waals surface area (Å²) in [5.41, 5.74) is 0. The summed E-state index contributed by atoms with van der Waals surface area (Å²) in [4.78, 5) is 0. The average molecular weight is 198 g/mol. The van der Waals surface area contributed by atoms with E-state index in [1.807, 2.05) is 23.0 Å². The Balaban J connectivity index is 2.01. The molecule has 1 aliphatic carbocycles. The molecule has 0 aromatic heterocycles. The predicted molar refractivity (Wildman–Crippen MR) is 32.7 cm³/mol. The molecule has 0 spiro atoms. The smallest absolute Gasteiger partial charge is 0.110 e. The molecule has 1 aliphatic rings. The molecule has 0 unspecified atom stereocenters. The Kier molecular flexibility index (Phi) is 1.71. The minimum absolute atomic E-state index is 0.602. The van der Waals surface area contributed by atoms with Crippen LogP contribution in [-0.2, 0) is 3.07 Å². The number of hydrogen-bond acceptors (Lipinski definition) is 1. The second-order valence-electron chi connectivity index (χ2n) is 1.64. The Morgan fingerprint density at radius 2 is 2.17 bits per heavy atom. The average Bonchev–Trinajstić information content (AvgIpc) is 1.31. The molecule has 0 aromatic rings. The van der Waals surface area contributed by atoms with E-state index in [-0.39, 0.29) is 0 Å². The second kappa shape index (κ2) is 2.12. The fraction of sp³-hybridized carbons (Fsp3) is 1.00. The van der Waals surface area contributed by atoms with Crippen LogP contribution in [0, 0.1) is 0 Å². The molecule has 0 atom stereocenters. The van der Waals surface area contributed by atoms with E-state index in [0.29, 0.717) is 6.10 Å². The van der Waals surface area contributed by atoms with E-state index in [0.717, 1.165) is 0 Å². The molecule has 36 valence electrons. The normalized spacial score (nSPS) is 23.5. The quantitative estimate of drug-likeness (QED) is 0.584. The Morgan fingerprint density at radius 1 is 1.50 bits per heavy atom. The summed E-state index contributed by atoms with van der Waals surface area (Å²) < 4.78 is 4.96. The zero-order chi connectivity index (χ0) is 4.41. The van der Waals surface area contributed by atoms with Crippen LogP contribution in [0.15, 0.2) is 0 Å². The highest BCUT2D eigenvalue weighted by molar-refractivity contribution is 14.1.